The molecule has 2 heteroatoms. The lowest BCUT2D eigenvalue weighted by Crippen LogP contribution is -3.04. The van der Waals surface area contributed by atoms with Gasteiger partial charge in [0, 0.05) is 18.8 Å². The lowest BCUT2D eigenvalue weighted by molar-refractivity contribution is -0.818. The van der Waals surface area contributed by atoms with Crippen LogP contribution < -0.4 is 9.80 Å². The summed E-state index contributed by atoms with van der Waals surface area (Å²) in [5.41, 5.74) is 3.97. The van der Waals surface area contributed by atoms with Crippen molar-refractivity contribution >= 4 is 11.8 Å². The van der Waals surface area contributed by atoms with Gasteiger partial charge in [0.2, 0.25) is 0 Å². The molecule has 1 heterocycles. The van der Waals surface area contributed by atoms with Crippen LogP contribution in [-0.2, 0) is 0 Å². The molecule has 2 nitrogen and oxygen atoms in total. The van der Waals surface area contributed by atoms with Gasteiger partial charge in [-0.05, 0) is 48.3 Å². The molecule has 1 aromatic carbocycles. The molecule has 0 bridgehead atoms. The fourth-order valence-electron chi connectivity index (χ4n) is 3.59. The van der Waals surface area contributed by atoms with Gasteiger partial charge in [0.05, 0.1) is 13.2 Å². The van der Waals surface area contributed by atoms with Crippen LogP contribution in [-0.4, -0.2) is 26.7 Å². The van der Waals surface area contributed by atoms with Crippen molar-refractivity contribution in [2.45, 2.75) is 65.2 Å². The first-order chi connectivity index (χ1) is 13.7. The lowest BCUT2D eigenvalue weighted by Gasteiger charge is -2.25. The summed E-state index contributed by atoms with van der Waals surface area (Å²) in [7, 11) is 2.18. The summed E-state index contributed by atoms with van der Waals surface area (Å²) in [6.07, 6.45) is 21.8. The molecule has 0 radical (unpaired) electrons. The van der Waals surface area contributed by atoms with Crippen molar-refractivity contribution < 1.29 is 4.90 Å². The second-order valence-electron chi connectivity index (χ2n) is 8.12. The van der Waals surface area contributed by atoms with Crippen molar-refractivity contribution in [3.63, 3.8) is 0 Å². The maximum absolute atomic E-state index is 2.60. The zero-order chi connectivity index (χ0) is 20.0. The first-order valence-corrected chi connectivity index (χ1v) is 11.5. The Bertz CT molecular complexity index is 612. The van der Waals surface area contributed by atoms with Crippen LogP contribution in [0.25, 0.3) is 6.08 Å². The Morgan fingerprint density at radius 2 is 1.50 bits per heavy atom. The van der Waals surface area contributed by atoms with E-state index < -0.39 is 0 Å². The molecule has 1 atom stereocenters. The van der Waals surface area contributed by atoms with Crippen LogP contribution in [0, 0.1) is 0 Å². The molecule has 28 heavy (non-hydrogen) atoms. The van der Waals surface area contributed by atoms with E-state index in [4.69, 9.17) is 0 Å². The smallest absolute Gasteiger partial charge is 0.101 e. The van der Waals surface area contributed by atoms with Crippen LogP contribution in [0.2, 0.25) is 0 Å². The van der Waals surface area contributed by atoms with Crippen LogP contribution in [0.3, 0.4) is 0 Å². The Hall–Kier alpha value is -1.80. The van der Waals surface area contributed by atoms with E-state index in [9.17, 15) is 0 Å². The summed E-state index contributed by atoms with van der Waals surface area (Å²) in [6, 6.07) is 9.15. The number of anilines is 1. The normalized spacial score (nSPS) is 16.5. The van der Waals surface area contributed by atoms with E-state index in [1.54, 1.807) is 0 Å². The summed E-state index contributed by atoms with van der Waals surface area (Å²) >= 11 is 0. The van der Waals surface area contributed by atoms with Gasteiger partial charge in [-0.25, -0.2) is 0 Å². The first kappa shape index (κ1) is 22.5. The zero-order valence-electron chi connectivity index (χ0n) is 18.4. The summed E-state index contributed by atoms with van der Waals surface area (Å²) in [4.78, 5) is 4.03. The molecular weight excluding hydrogens is 340 g/mol. The van der Waals surface area contributed by atoms with E-state index in [0.29, 0.717) is 0 Å². The SMILES string of the molecule is CCCCCCN(CCCCCC)c1ccc(/C=C/C2=CC[NH+](C)C=C2)cc1. The molecule has 1 aromatic rings. The fourth-order valence-corrected chi connectivity index (χ4v) is 3.59. The summed E-state index contributed by atoms with van der Waals surface area (Å²) < 4.78 is 0. The highest BCUT2D eigenvalue weighted by Gasteiger charge is 2.06. The zero-order valence-corrected chi connectivity index (χ0v) is 18.4. The number of benzene rings is 1. The standard InChI is InChI=1S/C26H40N2/c1-4-6-8-10-20-28(21-11-9-7-5-2)26-16-14-24(15-17-26)12-13-25-18-22-27(3)23-19-25/h12-19,22H,4-11,20-21,23H2,1-3H3/p+1/b13-12+. The van der Waals surface area contributed by atoms with Crippen molar-refractivity contribution in [3.05, 3.63) is 59.8 Å². The van der Waals surface area contributed by atoms with Gasteiger partial charge in [-0.3, -0.25) is 0 Å². The van der Waals surface area contributed by atoms with Crippen molar-refractivity contribution in [3.8, 4) is 0 Å². The topological polar surface area (TPSA) is 7.68 Å². The minimum atomic E-state index is 1.07. The number of hydrogen-bond donors (Lipinski definition) is 1. The molecule has 0 spiro atoms. The third-order valence-electron chi connectivity index (χ3n) is 5.51. The second-order valence-corrected chi connectivity index (χ2v) is 8.12. The van der Waals surface area contributed by atoms with Gasteiger partial charge in [-0.1, -0.05) is 76.7 Å². The summed E-state index contributed by atoms with van der Waals surface area (Å²) in [5, 5.41) is 0. The predicted molar refractivity (Wildman–Crippen MR) is 125 cm³/mol. The van der Waals surface area contributed by atoms with Gasteiger partial charge in [-0.15, -0.1) is 0 Å². The average molecular weight is 382 g/mol. The Balaban J connectivity index is 1.93. The molecule has 1 unspecified atom stereocenters. The number of hydrogen-bond acceptors (Lipinski definition) is 1. The third kappa shape index (κ3) is 8.48. The van der Waals surface area contributed by atoms with Gasteiger partial charge < -0.3 is 9.80 Å². The molecule has 154 valence electrons. The van der Waals surface area contributed by atoms with E-state index in [1.165, 1.54) is 86.2 Å². The van der Waals surface area contributed by atoms with E-state index in [2.05, 4.69) is 80.6 Å². The van der Waals surface area contributed by atoms with Crippen molar-refractivity contribution in [1.82, 2.24) is 0 Å². The molecule has 0 amide bonds. The first-order valence-electron chi connectivity index (χ1n) is 11.5. The molecule has 1 aliphatic heterocycles. The molecule has 0 saturated heterocycles. The Labute approximate surface area is 173 Å². The molecule has 0 aromatic heterocycles. The average Bonchev–Trinajstić information content (AvgIpc) is 2.73. The molecule has 0 fully saturated rings. The van der Waals surface area contributed by atoms with E-state index in [0.717, 1.165) is 6.54 Å². The number of nitrogens with zero attached hydrogens (tertiary/aromatic N) is 1. The van der Waals surface area contributed by atoms with E-state index in [-0.39, 0.29) is 0 Å². The van der Waals surface area contributed by atoms with Crippen molar-refractivity contribution in [1.29, 1.82) is 0 Å². The maximum atomic E-state index is 2.60. The van der Waals surface area contributed by atoms with Crippen LogP contribution in [0.1, 0.15) is 70.8 Å². The van der Waals surface area contributed by atoms with Gasteiger partial charge in [0.1, 0.15) is 6.54 Å². The summed E-state index contributed by atoms with van der Waals surface area (Å²) in [5.74, 6) is 0. The minimum absolute atomic E-state index is 1.07. The van der Waals surface area contributed by atoms with E-state index in [1.807, 2.05) is 0 Å². The number of allylic oxidation sites excluding steroid dienone is 3. The van der Waals surface area contributed by atoms with Crippen LogP contribution in [0.5, 0.6) is 0 Å². The predicted octanol–water partition coefficient (Wildman–Crippen LogP) is 5.64. The molecule has 0 saturated carbocycles. The quantitative estimate of drug-likeness (QED) is 0.435. The lowest BCUT2D eigenvalue weighted by atomic mass is 10.1. The number of rotatable bonds is 13. The largest absolute Gasteiger partial charge is 0.372 e. The molecule has 2 rings (SSSR count). The van der Waals surface area contributed by atoms with Crippen LogP contribution in [0.4, 0.5) is 5.69 Å². The Kier molecular flexibility index (Phi) is 10.8. The highest BCUT2D eigenvalue weighted by molar-refractivity contribution is 5.58. The minimum Gasteiger partial charge on any atom is -0.372 e. The molecule has 0 aliphatic carbocycles. The molecular formula is C26H41N2+. The van der Waals surface area contributed by atoms with Gasteiger partial charge in [0.25, 0.3) is 0 Å². The molecule has 1 aliphatic rings. The number of quaternary nitrogens is 1. The third-order valence-corrected chi connectivity index (χ3v) is 5.51. The van der Waals surface area contributed by atoms with Crippen molar-refractivity contribution in [2.24, 2.45) is 0 Å². The monoisotopic (exact) mass is 381 g/mol. The Morgan fingerprint density at radius 3 is 2.04 bits per heavy atom. The van der Waals surface area contributed by atoms with Crippen LogP contribution in [0.15, 0.2) is 54.3 Å². The van der Waals surface area contributed by atoms with Gasteiger partial charge in [-0.2, -0.15) is 0 Å². The second kappa shape index (κ2) is 13.4. The number of nitrogens with one attached hydrogen (secondary N) is 1. The van der Waals surface area contributed by atoms with Gasteiger partial charge >= 0.3 is 0 Å². The number of unbranched alkanes of at least 4 members (excludes halogenated alkanes) is 6. The highest BCUT2D eigenvalue weighted by atomic mass is 15.1. The van der Waals surface area contributed by atoms with Crippen molar-refractivity contribution in [2.75, 3.05) is 31.6 Å². The van der Waals surface area contributed by atoms with Crippen LogP contribution >= 0.6 is 0 Å². The number of likely N-dealkylation sites (N-methyl/N-ethyl adjacent to an activating group) is 1. The van der Waals surface area contributed by atoms with Gasteiger partial charge in [0.15, 0.2) is 0 Å². The Morgan fingerprint density at radius 1 is 0.857 bits per heavy atom. The molecule has 1 N–H and O–H groups in total. The van der Waals surface area contributed by atoms with E-state index >= 15 is 0 Å². The fraction of sp³-hybridized carbons (Fsp3) is 0.538. The summed E-state index contributed by atoms with van der Waals surface area (Å²) in [6.45, 7) is 8.02. The highest BCUT2D eigenvalue weighted by Crippen LogP contribution is 2.19. The maximum Gasteiger partial charge on any atom is 0.101 e.